The summed E-state index contributed by atoms with van der Waals surface area (Å²) in [6.45, 7) is 5.14. The second-order valence-electron chi connectivity index (χ2n) is 7.38. The first-order valence-corrected chi connectivity index (χ1v) is 11.1. The maximum Gasteiger partial charge on any atom is 0.265 e. The number of anilines is 1. The van der Waals surface area contributed by atoms with Crippen LogP contribution < -0.4 is 10.1 Å². The minimum atomic E-state index is -0.130. The molecule has 5 nitrogen and oxygen atoms in total. The standard InChI is InChI=1S/C24H22ClN3O2S/c1-16-3-8-22(17(2)9-16)30-14-19-10-23(31-15-19)24(29)27-21-6-4-18(5-7-21)12-28-13-20(25)11-26-28/h3-11,13,15H,12,14H2,1-2H3,(H,27,29). The summed E-state index contributed by atoms with van der Waals surface area (Å²) in [5.41, 5.74) is 5.10. The molecule has 0 atom stereocenters. The third-order valence-corrected chi connectivity index (χ3v) is 5.93. The molecule has 4 aromatic rings. The number of ether oxygens (including phenoxy) is 1. The number of benzene rings is 2. The van der Waals surface area contributed by atoms with Crippen LogP contribution in [0.2, 0.25) is 5.02 Å². The summed E-state index contributed by atoms with van der Waals surface area (Å²) in [6.07, 6.45) is 3.38. The highest BCUT2D eigenvalue weighted by Crippen LogP contribution is 2.22. The molecule has 0 radical (unpaired) electrons. The van der Waals surface area contributed by atoms with Crippen LogP contribution in [0.25, 0.3) is 0 Å². The number of aryl methyl sites for hydroxylation is 2. The van der Waals surface area contributed by atoms with Crippen LogP contribution in [-0.2, 0) is 13.2 Å². The zero-order chi connectivity index (χ0) is 21.8. The van der Waals surface area contributed by atoms with Gasteiger partial charge in [-0.3, -0.25) is 9.48 Å². The zero-order valence-corrected chi connectivity index (χ0v) is 18.8. The number of rotatable bonds is 7. The van der Waals surface area contributed by atoms with Crippen molar-refractivity contribution in [1.29, 1.82) is 0 Å². The van der Waals surface area contributed by atoms with Crippen molar-refractivity contribution >= 4 is 34.5 Å². The van der Waals surface area contributed by atoms with Gasteiger partial charge in [-0.1, -0.05) is 41.4 Å². The molecule has 2 heterocycles. The van der Waals surface area contributed by atoms with Crippen molar-refractivity contribution in [2.75, 3.05) is 5.32 Å². The van der Waals surface area contributed by atoms with Crippen molar-refractivity contribution < 1.29 is 9.53 Å². The van der Waals surface area contributed by atoms with Gasteiger partial charge >= 0.3 is 0 Å². The van der Waals surface area contributed by atoms with Gasteiger partial charge in [0.1, 0.15) is 12.4 Å². The average Bonchev–Trinajstić information content (AvgIpc) is 3.38. The van der Waals surface area contributed by atoms with E-state index in [0.717, 1.165) is 28.1 Å². The minimum Gasteiger partial charge on any atom is -0.489 e. The van der Waals surface area contributed by atoms with Crippen LogP contribution in [-0.4, -0.2) is 15.7 Å². The van der Waals surface area contributed by atoms with Gasteiger partial charge in [-0.05, 0) is 54.6 Å². The Morgan fingerprint density at radius 1 is 1.13 bits per heavy atom. The largest absolute Gasteiger partial charge is 0.489 e. The van der Waals surface area contributed by atoms with Gasteiger partial charge in [0.05, 0.1) is 22.6 Å². The Morgan fingerprint density at radius 2 is 1.94 bits per heavy atom. The minimum absolute atomic E-state index is 0.130. The number of halogens is 1. The number of hydrogen-bond donors (Lipinski definition) is 1. The van der Waals surface area contributed by atoms with E-state index in [0.29, 0.717) is 23.1 Å². The van der Waals surface area contributed by atoms with E-state index in [-0.39, 0.29) is 5.91 Å². The Balaban J connectivity index is 1.33. The molecule has 7 heteroatoms. The number of nitrogens with one attached hydrogen (secondary N) is 1. The van der Waals surface area contributed by atoms with Crippen molar-refractivity contribution in [3.63, 3.8) is 0 Å². The van der Waals surface area contributed by atoms with Crippen LogP contribution in [0, 0.1) is 13.8 Å². The maximum atomic E-state index is 12.6. The van der Waals surface area contributed by atoms with Gasteiger partial charge in [0.15, 0.2) is 0 Å². The summed E-state index contributed by atoms with van der Waals surface area (Å²) >= 11 is 7.30. The molecule has 31 heavy (non-hydrogen) atoms. The van der Waals surface area contributed by atoms with Crippen LogP contribution in [0.15, 0.2) is 66.3 Å². The van der Waals surface area contributed by atoms with Crippen LogP contribution in [0.3, 0.4) is 0 Å². The number of nitrogens with zero attached hydrogens (tertiary/aromatic N) is 2. The third-order valence-electron chi connectivity index (χ3n) is 4.76. The third kappa shape index (κ3) is 5.54. The predicted octanol–water partition coefficient (Wildman–Crippen LogP) is 6.09. The first kappa shape index (κ1) is 21.2. The zero-order valence-electron chi connectivity index (χ0n) is 17.3. The van der Waals surface area contributed by atoms with E-state index < -0.39 is 0 Å². The second kappa shape index (κ2) is 9.37. The molecular formula is C24H22ClN3O2S. The molecule has 158 valence electrons. The second-order valence-corrected chi connectivity index (χ2v) is 8.73. The molecule has 0 aliphatic carbocycles. The van der Waals surface area contributed by atoms with Crippen LogP contribution in [0.5, 0.6) is 5.75 Å². The van der Waals surface area contributed by atoms with Crippen LogP contribution in [0.1, 0.15) is 31.9 Å². The Bertz CT molecular complexity index is 1200. The summed E-state index contributed by atoms with van der Waals surface area (Å²) in [5, 5.41) is 9.68. The van der Waals surface area contributed by atoms with Gasteiger partial charge in [-0.25, -0.2) is 0 Å². The molecule has 0 aliphatic heterocycles. The van der Waals surface area contributed by atoms with Gasteiger partial charge in [0, 0.05) is 17.4 Å². The fourth-order valence-corrected chi connectivity index (χ4v) is 4.14. The monoisotopic (exact) mass is 451 g/mol. The summed E-state index contributed by atoms with van der Waals surface area (Å²) in [6, 6.07) is 15.7. The number of amides is 1. The lowest BCUT2D eigenvalue weighted by atomic mass is 10.1. The molecular weight excluding hydrogens is 430 g/mol. The van der Waals surface area contributed by atoms with Gasteiger partial charge in [0.25, 0.3) is 5.91 Å². The molecule has 0 fully saturated rings. The number of thiophene rings is 1. The Hall–Kier alpha value is -3.09. The predicted molar refractivity (Wildman–Crippen MR) is 125 cm³/mol. The summed E-state index contributed by atoms with van der Waals surface area (Å²) < 4.78 is 7.68. The molecule has 0 unspecified atom stereocenters. The van der Waals surface area contributed by atoms with Crippen molar-refractivity contribution in [3.05, 3.63) is 98.5 Å². The molecule has 1 N–H and O–H groups in total. The Labute approximate surface area is 190 Å². The first-order valence-electron chi connectivity index (χ1n) is 9.82. The fraction of sp³-hybridized carbons (Fsp3) is 0.167. The molecule has 2 aromatic heterocycles. The van der Waals surface area contributed by atoms with Gasteiger partial charge < -0.3 is 10.1 Å². The van der Waals surface area contributed by atoms with Crippen molar-refractivity contribution in [3.8, 4) is 5.75 Å². The molecule has 0 bridgehead atoms. The molecule has 0 saturated carbocycles. The summed E-state index contributed by atoms with van der Waals surface area (Å²) in [5.74, 6) is 0.731. The number of hydrogen-bond acceptors (Lipinski definition) is 4. The van der Waals surface area contributed by atoms with E-state index in [2.05, 4.69) is 23.4 Å². The molecule has 0 saturated heterocycles. The van der Waals surface area contributed by atoms with Crippen LogP contribution in [0.4, 0.5) is 5.69 Å². The van der Waals surface area contributed by atoms with E-state index in [1.165, 1.54) is 16.9 Å². The quantitative estimate of drug-likeness (QED) is 0.369. The maximum absolute atomic E-state index is 12.6. The lowest BCUT2D eigenvalue weighted by Crippen LogP contribution is -2.10. The van der Waals surface area contributed by atoms with E-state index in [4.69, 9.17) is 16.3 Å². The van der Waals surface area contributed by atoms with Gasteiger partial charge in [-0.15, -0.1) is 11.3 Å². The van der Waals surface area contributed by atoms with Crippen LogP contribution >= 0.6 is 22.9 Å². The molecule has 0 aliphatic rings. The van der Waals surface area contributed by atoms with Crippen molar-refractivity contribution in [2.24, 2.45) is 0 Å². The number of carbonyl (C=O) groups excluding carboxylic acids is 1. The van der Waals surface area contributed by atoms with Gasteiger partial charge in [-0.2, -0.15) is 5.10 Å². The first-order chi connectivity index (χ1) is 15.0. The van der Waals surface area contributed by atoms with Crippen molar-refractivity contribution in [2.45, 2.75) is 27.0 Å². The SMILES string of the molecule is Cc1ccc(OCc2csc(C(=O)Nc3ccc(Cn4cc(Cl)cn4)cc3)c2)c(C)c1. The molecule has 1 amide bonds. The van der Waals surface area contributed by atoms with Gasteiger partial charge in [0.2, 0.25) is 0 Å². The normalized spacial score (nSPS) is 10.8. The van der Waals surface area contributed by atoms with E-state index in [1.807, 2.05) is 54.8 Å². The highest BCUT2D eigenvalue weighted by molar-refractivity contribution is 7.12. The topological polar surface area (TPSA) is 56.1 Å². The summed E-state index contributed by atoms with van der Waals surface area (Å²) in [7, 11) is 0. The smallest absolute Gasteiger partial charge is 0.265 e. The van der Waals surface area contributed by atoms with E-state index in [1.54, 1.807) is 17.1 Å². The fourth-order valence-electron chi connectivity index (χ4n) is 3.19. The lowest BCUT2D eigenvalue weighted by Gasteiger charge is -2.08. The Kier molecular flexibility index (Phi) is 6.39. The molecule has 2 aromatic carbocycles. The van der Waals surface area contributed by atoms with E-state index >= 15 is 0 Å². The summed E-state index contributed by atoms with van der Waals surface area (Å²) in [4.78, 5) is 13.2. The molecule has 0 spiro atoms. The van der Waals surface area contributed by atoms with Crippen molar-refractivity contribution in [1.82, 2.24) is 9.78 Å². The highest BCUT2D eigenvalue weighted by Gasteiger charge is 2.11. The average molecular weight is 452 g/mol. The number of carbonyl (C=O) groups is 1. The number of aromatic nitrogens is 2. The Morgan fingerprint density at radius 3 is 2.65 bits per heavy atom. The van der Waals surface area contributed by atoms with E-state index in [9.17, 15) is 4.79 Å². The lowest BCUT2D eigenvalue weighted by molar-refractivity contribution is 0.103. The molecule has 4 rings (SSSR count). The highest BCUT2D eigenvalue weighted by atomic mass is 35.5.